The molecule has 48 heavy (non-hydrogen) atoms. The highest BCUT2D eigenvalue weighted by molar-refractivity contribution is 5.84. The van der Waals surface area contributed by atoms with Crippen LogP contribution >= 0.6 is 0 Å². The number of nitrogens with zero attached hydrogens (tertiary/aromatic N) is 6. The van der Waals surface area contributed by atoms with E-state index in [2.05, 4.69) is 38.4 Å². The molecule has 0 saturated heterocycles. The van der Waals surface area contributed by atoms with E-state index < -0.39 is 0 Å². The van der Waals surface area contributed by atoms with Crippen molar-refractivity contribution in [2.75, 3.05) is 0 Å². The first-order valence-electron chi connectivity index (χ1n) is 20.8. The second-order valence-electron chi connectivity index (χ2n) is 14.6. The van der Waals surface area contributed by atoms with E-state index in [0.29, 0.717) is 23.6 Å². The van der Waals surface area contributed by atoms with Gasteiger partial charge in [-0.15, -0.1) is 0 Å². The average molecular weight is 665 g/mol. The Morgan fingerprint density at radius 2 is 0.875 bits per heavy atom. The Labute approximate surface area is 293 Å². The summed E-state index contributed by atoms with van der Waals surface area (Å²) in [5, 5.41) is 0. The zero-order valence-electron chi connectivity index (χ0n) is 31.4. The van der Waals surface area contributed by atoms with Crippen LogP contribution in [-0.2, 0) is 13.1 Å². The molecule has 0 fully saturated rings. The van der Waals surface area contributed by atoms with Gasteiger partial charge in [0.05, 0.1) is 6.33 Å². The minimum atomic E-state index is -0.215. The fourth-order valence-electron chi connectivity index (χ4n) is 7.19. The molecule has 1 aromatic heterocycles. The maximum atomic E-state index is 12.9. The Kier molecular flexibility index (Phi) is 22.2. The van der Waals surface area contributed by atoms with Gasteiger partial charge in [-0.1, -0.05) is 194 Å². The van der Waals surface area contributed by atoms with Crippen molar-refractivity contribution in [1.29, 1.82) is 0 Å². The van der Waals surface area contributed by atoms with Crippen LogP contribution in [0, 0.1) is 0 Å². The molecule has 7 heteroatoms. The van der Waals surface area contributed by atoms with Crippen molar-refractivity contribution in [2.45, 2.75) is 220 Å². The number of aromatic nitrogens is 6. The number of imidazole rings is 2. The van der Waals surface area contributed by atoms with E-state index in [9.17, 15) is 4.79 Å². The van der Waals surface area contributed by atoms with Gasteiger partial charge < -0.3 is 4.57 Å². The Balaban J connectivity index is 1.24. The fourth-order valence-corrected chi connectivity index (χ4v) is 7.19. The van der Waals surface area contributed by atoms with Crippen LogP contribution in [0.5, 0.6) is 0 Å². The summed E-state index contributed by atoms with van der Waals surface area (Å²) in [4.78, 5) is 31.1. The summed E-state index contributed by atoms with van der Waals surface area (Å²) in [6.45, 7) is 6.12. The first-order chi connectivity index (χ1) is 23.8. The molecule has 272 valence electrons. The minimum Gasteiger partial charge on any atom is -0.315 e. The molecular formula is C41H72N6O. The summed E-state index contributed by atoms with van der Waals surface area (Å²) in [6, 6.07) is 0. The van der Waals surface area contributed by atoms with Crippen LogP contribution in [0.1, 0.15) is 206 Å². The monoisotopic (exact) mass is 665 g/mol. The molecule has 7 nitrogen and oxygen atoms in total. The second kappa shape index (κ2) is 26.5. The predicted octanol–water partition coefficient (Wildman–Crippen LogP) is 12.2. The van der Waals surface area contributed by atoms with Gasteiger partial charge in [0.25, 0.3) is 0 Å². The quantitative estimate of drug-likeness (QED) is 0.0621. The van der Waals surface area contributed by atoms with Crippen LogP contribution in [0.2, 0.25) is 0 Å². The van der Waals surface area contributed by atoms with E-state index in [1.54, 1.807) is 10.9 Å². The van der Waals surface area contributed by atoms with Crippen molar-refractivity contribution in [3.05, 3.63) is 23.1 Å². The third kappa shape index (κ3) is 15.9. The summed E-state index contributed by atoms with van der Waals surface area (Å²) in [7, 11) is 0. The lowest BCUT2D eigenvalue weighted by Gasteiger charge is -2.05. The molecule has 0 unspecified atom stereocenters. The number of aryl methyl sites for hydroxylation is 1. The maximum absolute atomic E-state index is 12.9. The molecule has 1 aromatic rings. The highest BCUT2D eigenvalue weighted by Gasteiger charge is 2.20. The molecule has 0 bridgehead atoms. The lowest BCUT2D eigenvalue weighted by Crippen LogP contribution is -2.17. The highest BCUT2D eigenvalue weighted by Crippen LogP contribution is 2.24. The zero-order chi connectivity index (χ0) is 33.9. The van der Waals surface area contributed by atoms with Crippen LogP contribution in [0.3, 0.4) is 0 Å². The molecule has 0 radical (unpaired) electrons. The molecular weight excluding hydrogens is 592 g/mol. The maximum Gasteiger partial charge on any atom is 0.350 e. The van der Waals surface area contributed by atoms with Crippen molar-refractivity contribution < 1.29 is 0 Å². The van der Waals surface area contributed by atoms with E-state index in [4.69, 9.17) is 0 Å². The second-order valence-corrected chi connectivity index (χ2v) is 14.6. The minimum absolute atomic E-state index is 0.215. The smallest absolute Gasteiger partial charge is 0.315 e. The third-order valence-corrected chi connectivity index (χ3v) is 10.3. The zero-order valence-corrected chi connectivity index (χ0v) is 31.4. The van der Waals surface area contributed by atoms with E-state index >= 15 is 0 Å². The van der Waals surface area contributed by atoms with Crippen LogP contribution in [-0.4, -0.2) is 29.1 Å². The standard InChI is InChI=1S/C41H72N6O/c1-3-5-7-9-11-13-15-17-18-19-20-21-22-24-26-28-30-32-34-47-40-38(45-41(47)48)37-39(42-35-43-40)46(36-44-37)33-31-29-27-25-23-16-14-12-10-8-6-4-2/h35-36H,3-34H2,1-2H3. The van der Waals surface area contributed by atoms with Gasteiger partial charge in [-0.05, 0) is 12.8 Å². The molecule has 3 rings (SSSR count). The van der Waals surface area contributed by atoms with Crippen molar-refractivity contribution in [1.82, 2.24) is 29.1 Å². The van der Waals surface area contributed by atoms with E-state index in [0.717, 1.165) is 31.5 Å². The summed E-state index contributed by atoms with van der Waals surface area (Å²) in [5.41, 5.74) is 1.84. The van der Waals surface area contributed by atoms with Crippen molar-refractivity contribution >= 4 is 11.2 Å². The van der Waals surface area contributed by atoms with Gasteiger partial charge in [-0.25, -0.2) is 19.7 Å². The van der Waals surface area contributed by atoms with Crippen LogP contribution in [0.15, 0.2) is 17.4 Å². The summed E-state index contributed by atoms with van der Waals surface area (Å²) in [5.74, 6) is 0.616. The van der Waals surface area contributed by atoms with Gasteiger partial charge in [0, 0.05) is 13.1 Å². The summed E-state index contributed by atoms with van der Waals surface area (Å²) in [6.07, 6.45) is 43.9. The van der Waals surface area contributed by atoms with Gasteiger partial charge in [0.15, 0.2) is 11.5 Å². The molecule has 0 spiro atoms. The molecule has 2 aliphatic heterocycles. The number of hydrogen-bond acceptors (Lipinski definition) is 5. The lowest BCUT2D eigenvalue weighted by molar-refractivity contribution is 0.517. The summed E-state index contributed by atoms with van der Waals surface area (Å²) >= 11 is 0. The Hall–Kier alpha value is -2.31. The number of rotatable bonds is 32. The van der Waals surface area contributed by atoms with Crippen LogP contribution < -0.4 is 5.69 Å². The topological polar surface area (TPSA) is 78.5 Å². The molecule has 0 amide bonds. The van der Waals surface area contributed by atoms with Gasteiger partial charge in [-0.2, -0.15) is 4.98 Å². The van der Waals surface area contributed by atoms with E-state index in [1.165, 1.54) is 173 Å². The molecule has 2 aliphatic rings. The normalized spacial score (nSPS) is 11.8. The van der Waals surface area contributed by atoms with Gasteiger partial charge in [-0.3, -0.25) is 4.57 Å². The number of unbranched alkanes of at least 4 members (excludes halogenated alkanes) is 28. The fraction of sp³-hybridized carbons (Fsp3) is 0.829. The van der Waals surface area contributed by atoms with Crippen molar-refractivity contribution in [2.24, 2.45) is 0 Å². The Morgan fingerprint density at radius 1 is 0.479 bits per heavy atom. The molecule has 0 saturated carbocycles. The molecule has 3 heterocycles. The Bertz CT molecular complexity index is 1220. The predicted molar refractivity (Wildman–Crippen MR) is 204 cm³/mol. The molecule has 0 aromatic carbocycles. The SMILES string of the molecule is CCCCCCCCCCCCCCCCCCCCn1c2ncnc3c(ncn3CCCCCCCCCCCCCC)c-2nc1=O. The first-order valence-corrected chi connectivity index (χ1v) is 20.8. The largest absolute Gasteiger partial charge is 0.350 e. The van der Waals surface area contributed by atoms with Crippen LogP contribution in [0.25, 0.3) is 22.7 Å². The van der Waals surface area contributed by atoms with Gasteiger partial charge in [0.2, 0.25) is 0 Å². The van der Waals surface area contributed by atoms with Crippen LogP contribution in [0.4, 0.5) is 0 Å². The van der Waals surface area contributed by atoms with E-state index in [-0.39, 0.29) is 5.69 Å². The van der Waals surface area contributed by atoms with Crippen molar-refractivity contribution in [3.8, 4) is 11.5 Å². The summed E-state index contributed by atoms with van der Waals surface area (Å²) < 4.78 is 3.83. The molecule has 0 atom stereocenters. The van der Waals surface area contributed by atoms with Gasteiger partial charge in [0.1, 0.15) is 17.5 Å². The third-order valence-electron chi connectivity index (χ3n) is 10.3. The average Bonchev–Trinajstić information content (AvgIpc) is 3.58. The van der Waals surface area contributed by atoms with Crippen molar-refractivity contribution in [3.63, 3.8) is 0 Å². The number of fused-ring (bicyclic) bond motifs is 3. The lowest BCUT2D eigenvalue weighted by atomic mass is 10.0. The number of hydrogen-bond donors (Lipinski definition) is 0. The molecule has 0 N–H and O–H groups in total. The Morgan fingerprint density at radius 3 is 1.31 bits per heavy atom. The highest BCUT2D eigenvalue weighted by atomic mass is 16.1. The van der Waals surface area contributed by atoms with E-state index in [1.807, 2.05) is 6.33 Å². The molecule has 0 aliphatic carbocycles. The first kappa shape index (κ1) is 40.1. The van der Waals surface area contributed by atoms with Gasteiger partial charge >= 0.3 is 5.69 Å².